The maximum atomic E-state index is 11.0. The summed E-state index contributed by atoms with van der Waals surface area (Å²) in [6.45, 7) is 0.990. The van der Waals surface area contributed by atoms with Crippen LogP contribution in [0.15, 0.2) is 42.5 Å². The summed E-state index contributed by atoms with van der Waals surface area (Å²) in [5.74, 6) is 0.597. The lowest BCUT2D eigenvalue weighted by molar-refractivity contribution is -0.384. The number of fused-ring (bicyclic) bond motifs is 1. The molecule has 0 saturated carbocycles. The fraction of sp³-hybridized carbons (Fsp3) is 0.176. The Morgan fingerprint density at radius 3 is 2.83 bits per heavy atom. The predicted octanol–water partition coefficient (Wildman–Crippen LogP) is 3.13. The molecule has 0 aliphatic rings. The van der Waals surface area contributed by atoms with Crippen molar-refractivity contribution in [2.24, 2.45) is 0 Å². The Bertz CT molecular complexity index is 956. The van der Waals surface area contributed by atoms with E-state index in [1.54, 1.807) is 25.3 Å². The third-order valence-electron chi connectivity index (χ3n) is 3.75. The van der Waals surface area contributed by atoms with Crippen LogP contribution in [0.25, 0.3) is 22.4 Å². The molecule has 120 valence electrons. The van der Waals surface area contributed by atoms with Gasteiger partial charge in [-0.1, -0.05) is 12.1 Å². The average Bonchev–Trinajstić information content (AvgIpc) is 2.97. The Kier molecular flexibility index (Phi) is 4.22. The maximum Gasteiger partial charge on any atom is 0.271 e. The molecular formula is C17H14N4O3. The van der Waals surface area contributed by atoms with Crippen LogP contribution in [0.2, 0.25) is 0 Å². The quantitative estimate of drug-likeness (QED) is 0.531. The molecule has 3 aromatic rings. The smallest absolute Gasteiger partial charge is 0.271 e. The second-order valence-electron chi connectivity index (χ2n) is 5.17. The van der Waals surface area contributed by atoms with Gasteiger partial charge in [-0.05, 0) is 18.2 Å². The van der Waals surface area contributed by atoms with E-state index < -0.39 is 4.92 Å². The molecule has 0 unspecified atom stereocenters. The van der Waals surface area contributed by atoms with Gasteiger partial charge in [0.1, 0.15) is 5.82 Å². The van der Waals surface area contributed by atoms with Crippen LogP contribution < -0.4 is 0 Å². The van der Waals surface area contributed by atoms with Crippen molar-refractivity contribution in [3.05, 3.63) is 58.1 Å². The van der Waals surface area contributed by atoms with Crippen molar-refractivity contribution in [2.75, 3.05) is 13.7 Å². The zero-order valence-corrected chi connectivity index (χ0v) is 13.0. The van der Waals surface area contributed by atoms with Crippen molar-refractivity contribution in [1.29, 1.82) is 5.26 Å². The van der Waals surface area contributed by atoms with Crippen molar-refractivity contribution in [3.8, 4) is 17.5 Å². The second kappa shape index (κ2) is 6.48. The molecule has 0 radical (unpaired) electrons. The molecule has 1 heterocycles. The van der Waals surface area contributed by atoms with Crippen LogP contribution in [0.1, 0.15) is 5.56 Å². The Hall–Kier alpha value is -3.24. The van der Waals surface area contributed by atoms with Crippen molar-refractivity contribution in [3.63, 3.8) is 0 Å². The predicted molar refractivity (Wildman–Crippen MR) is 88.4 cm³/mol. The van der Waals surface area contributed by atoms with Crippen molar-refractivity contribution < 1.29 is 9.66 Å². The second-order valence-corrected chi connectivity index (χ2v) is 5.17. The minimum atomic E-state index is -0.448. The molecule has 0 aliphatic carbocycles. The molecule has 0 aliphatic heterocycles. The van der Waals surface area contributed by atoms with Gasteiger partial charge in [-0.25, -0.2) is 4.98 Å². The van der Waals surface area contributed by atoms with Gasteiger partial charge in [-0.15, -0.1) is 0 Å². The van der Waals surface area contributed by atoms with E-state index in [0.717, 1.165) is 5.52 Å². The van der Waals surface area contributed by atoms with Crippen LogP contribution in [0, 0.1) is 21.4 Å². The molecular weight excluding hydrogens is 308 g/mol. The Labute approximate surface area is 137 Å². The molecule has 0 fully saturated rings. The van der Waals surface area contributed by atoms with Gasteiger partial charge >= 0.3 is 0 Å². The summed E-state index contributed by atoms with van der Waals surface area (Å²) in [7, 11) is 1.60. The summed E-state index contributed by atoms with van der Waals surface area (Å²) < 4.78 is 7.07. The standard InChI is InChI=1S/C17H14N4O3/c1-24-9-8-20-16-7-6-13(21(22)23)10-15(16)19-17(20)14-5-3-2-4-12(14)11-18/h2-7,10H,8-9H2,1H3. The van der Waals surface area contributed by atoms with Crippen LogP contribution in [0.3, 0.4) is 0 Å². The monoisotopic (exact) mass is 322 g/mol. The van der Waals surface area contributed by atoms with E-state index in [4.69, 9.17) is 4.74 Å². The van der Waals surface area contributed by atoms with E-state index >= 15 is 0 Å². The lowest BCUT2D eigenvalue weighted by Crippen LogP contribution is -2.06. The van der Waals surface area contributed by atoms with Gasteiger partial charge in [0.05, 0.1) is 34.2 Å². The summed E-state index contributed by atoms with van der Waals surface area (Å²) >= 11 is 0. The minimum absolute atomic E-state index is 0.0148. The summed E-state index contributed by atoms with van der Waals surface area (Å²) in [6.07, 6.45) is 0. The topological polar surface area (TPSA) is 94.0 Å². The van der Waals surface area contributed by atoms with Gasteiger partial charge in [0, 0.05) is 31.4 Å². The zero-order chi connectivity index (χ0) is 17.1. The number of nitriles is 1. The van der Waals surface area contributed by atoms with Crippen LogP contribution in [0.4, 0.5) is 5.69 Å². The number of hydrogen-bond acceptors (Lipinski definition) is 5. The molecule has 3 rings (SSSR count). The highest BCUT2D eigenvalue weighted by molar-refractivity contribution is 5.83. The number of hydrogen-bond donors (Lipinski definition) is 0. The van der Waals surface area contributed by atoms with Crippen LogP contribution in [-0.4, -0.2) is 28.2 Å². The van der Waals surface area contributed by atoms with Gasteiger partial charge in [-0.2, -0.15) is 5.26 Å². The molecule has 7 heteroatoms. The number of imidazole rings is 1. The largest absolute Gasteiger partial charge is 0.383 e. The van der Waals surface area contributed by atoms with E-state index in [0.29, 0.717) is 35.6 Å². The fourth-order valence-corrected chi connectivity index (χ4v) is 2.62. The molecule has 7 nitrogen and oxygen atoms in total. The zero-order valence-electron chi connectivity index (χ0n) is 13.0. The number of non-ortho nitro benzene ring substituents is 1. The SMILES string of the molecule is COCCn1c(-c2ccccc2C#N)nc2cc([N+](=O)[O-])ccc21. The van der Waals surface area contributed by atoms with Crippen molar-refractivity contribution in [2.45, 2.75) is 6.54 Å². The molecule has 0 N–H and O–H groups in total. The number of methoxy groups -OCH3 is 1. The fourth-order valence-electron chi connectivity index (χ4n) is 2.62. The minimum Gasteiger partial charge on any atom is -0.383 e. The summed E-state index contributed by atoms with van der Waals surface area (Å²) in [4.78, 5) is 15.1. The van der Waals surface area contributed by atoms with Gasteiger partial charge in [-0.3, -0.25) is 10.1 Å². The van der Waals surface area contributed by atoms with Crippen LogP contribution in [0.5, 0.6) is 0 Å². The molecule has 24 heavy (non-hydrogen) atoms. The van der Waals surface area contributed by atoms with E-state index in [-0.39, 0.29) is 5.69 Å². The number of rotatable bonds is 5. The Morgan fingerprint density at radius 1 is 1.33 bits per heavy atom. The molecule has 0 saturated heterocycles. The van der Waals surface area contributed by atoms with Gasteiger partial charge < -0.3 is 9.30 Å². The maximum absolute atomic E-state index is 11.0. The molecule has 0 amide bonds. The Balaban J connectivity index is 2.25. The third kappa shape index (κ3) is 2.71. The lowest BCUT2D eigenvalue weighted by atomic mass is 10.1. The molecule has 0 spiro atoms. The van der Waals surface area contributed by atoms with Gasteiger partial charge in [0.25, 0.3) is 5.69 Å². The van der Waals surface area contributed by atoms with E-state index in [9.17, 15) is 15.4 Å². The van der Waals surface area contributed by atoms with Crippen molar-refractivity contribution >= 4 is 16.7 Å². The lowest BCUT2D eigenvalue weighted by Gasteiger charge is -2.09. The number of nitro benzene ring substituents is 1. The summed E-state index contributed by atoms with van der Waals surface area (Å²) in [6, 6.07) is 13.9. The van der Waals surface area contributed by atoms with E-state index in [1.165, 1.54) is 12.1 Å². The van der Waals surface area contributed by atoms with Crippen LogP contribution in [-0.2, 0) is 11.3 Å². The Morgan fingerprint density at radius 2 is 2.12 bits per heavy atom. The summed E-state index contributed by atoms with van der Waals surface area (Å²) in [5, 5.41) is 20.3. The number of aromatic nitrogens is 2. The third-order valence-corrected chi connectivity index (χ3v) is 3.75. The first-order valence-corrected chi connectivity index (χ1v) is 7.29. The average molecular weight is 322 g/mol. The number of nitro groups is 1. The highest BCUT2D eigenvalue weighted by Gasteiger charge is 2.17. The van der Waals surface area contributed by atoms with Gasteiger partial charge in [0.2, 0.25) is 0 Å². The molecule has 2 aromatic carbocycles. The number of ether oxygens (including phenoxy) is 1. The highest BCUT2D eigenvalue weighted by Crippen LogP contribution is 2.29. The first kappa shape index (κ1) is 15.6. The highest BCUT2D eigenvalue weighted by atomic mass is 16.6. The molecule has 0 atom stereocenters. The summed E-state index contributed by atoms with van der Waals surface area (Å²) in [5.41, 5.74) is 2.46. The van der Waals surface area contributed by atoms with Crippen molar-refractivity contribution in [1.82, 2.24) is 9.55 Å². The molecule has 0 bridgehead atoms. The molecule has 1 aromatic heterocycles. The number of benzene rings is 2. The first-order valence-electron chi connectivity index (χ1n) is 7.29. The van der Waals surface area contributed by atoms with Crippen LogP contribution >= 0.6 is 0 Å². The first-order chi connectivity index (χ1) is 11.7. The van der Waals surface area contributed by atoms with Gasteiger partial charge in [0.15, 0.2) is 0 Å². The normalized spacial score (nSPS) is 10.7. The van der Waals surface area contributed by atoms with E-state index in [2.05, 4.69) is 11.1 Å². The number of nitrogens with zero attached hydrogens (tertiary/aromatic N) is 4. The van der Waals surface area contributed by atoms with E-state index in [1.807, 2.05) is 16.7 Å².